The van der Waals surface area contributed by atoms with Crippen LogP contribution >= 0.6 is 0 Å². The van der Waals surface area contributed by atoms with E-state index in [1.54, 1.807) is 6.07 Å². The maximum absolute atomic E-state index is 13.1. The highest BCUT2D eigenvalue weighted by molar-refractivity contribution is 5.97. The van der Waals surface area contributed by atoms with E-state index in [4.69, 9.17) is 10.00 Å². The summed E-state index contributed by atoms with van der Waals surface area (Å²) in [5.41, 5.74) is 0.873. The lowest BCUT2D eigenvalue weighted by molar-refractivity contribution is -0.117. The summed E-state index contributed by atoms with van der Waals surface area (Å²) in [7, 11) is 0. The minimum absolute atomic E-state index is 0.0196. The Morgan fingerprint density at radius 2 is 2.12 bits per heavy atom. The van der Waals surface area contributed by atoms with Gasteiger partial charge in [-0.15, -0.1) is 0 Å². The van der Waals surface area contributed by atoms with Crippen LogP contribution in [0.4, 0.5) is 4.39 Å². The number of ether oxygens (including phenoxy) is 1. The van der Waals surface area contributed by atoms with Crippen LogP contribution < -0.4 is 10.6 Å². The maximum atomic E-state index is 13.1. The predicted octanol–water partition coefficient (Wildman–Crippen LogP) is 2.69. The quantitative estimate of drug-likeness (QED) is 0.346. The van der Waals surface area contributed by atoms with Crippen LogP contribution in [0, 0.1) is 17.1 Å². The molecule has 0 aliphatic carbocycles. The lowest BCUT2D eigenvalue weighted by Gasteiger charge is -2.06. The number of carbonyl (C=O) groups excluding carboxylic acids is 1. The second-order valence-corrected chi connectivity index (χ2v) is 5.58. The Bertz CT molecular complexity index is 597. The fraction of sp³-hybridized carbons (Fsp3) is 0.474. The van der Waals surface area contributed by atoms with Gasteiger partial charge in [0.1, 0.15) is 17.5 Å². The molecule has 1 aromatic carbocycles. The number of nitriles is 1. The van der Waals surface area contributed by atoms with E-state index in [9.17, 15) is 9.18 Å². The van der Waals surface area contributed by atoms with Crippen LogP contribution in [0.15, 0.2) is 36.0 Å². The van der Waals surface area contributed by atoms with Crippen molar-refractivity contribution in [2.24, 2.45) is 0 Å². The molecule has 1 rings (SSSR count). The lowest BCUT2D eigenvalue weighted by Crippen LogP contribution is -2.27. The minimum Gasteiger partial charge on any atom is -0.389 e. The van der Waals surface area contributed by atoms with E-state index in [0.717, 1.165) is 25.0 Å². The van der Waals surface area contributed by atoms with E-state index in [2.05, 4.69) is 17.6 Å². The van der Waals surface area contributed by atoms with E-state index >= 15 is 0 Å². The van der Waals surface area contributed by atoms with E-state index in [1.165, 1.54) is 18.3 Å². The molecule has 0 saturated carbocycles. The predicted molar refractivity (Wildman–Crippen MR) is 95.2 cm³/mol. The van der Waals surface area contributed by atoms with Crippen molar-refractivity contribution in [1.29, 1.82) is 5.26 Å². The molecule has 0 unspecified atom stereocenters. The van der Waals surface area contributed by atoms with Crippen LogP contribution in [-0.2, 0) is 16.0 Å². The summed E-state index contributed by atoms with van der Waals surface area (Å²) in [4.78, 5) is 11.9. The van der Waals surface area contributed by atoms with Crippen molar-refractivity contribution in [3.05, 3.63) is 47.4 Å². The molecule has 2 N–H and O–H groups in total. The molecule has 0 aliphatic heterocycles. The summed E-state index contributed by atoms with van der Waals surface area (Å²) in [5, 5.41) is 14.7. The Morgan fingerprint density at radius 1 is 1.32 bits per heavy atom. The minimum atomic E-state index is -0.408. The molecular formula is C19H26FN3O2. The molecule has 25 heavy (non-hydrogen) atoms. The number of carbonyl (C=O) groups is 1. The molecule has 1 amide bonds. The van der Waals surface area contributed by atoms with Crippen molar-refractivity contribution in [3.63, 3.8) is 0 Å². The number of rotatable bonds is 12. The molecule has 0 fully saturated rings. The number of unbranched alkanes of at least 4 members (excludes halogenated alkanes) is 1. The Kier molecular flexibility index (Phi) is 10.7. The van der Waals surface area contributed by atoms with Crippen LogP contribution in [0.25, 0.3) is 0 Å². The van der Waals surface area contributed by atoms with Gasteiger partial charge in [0.05, 0.1) is 0 Å². The fourth-order valence-corrected chi connectivity index (χ4v) is 2.05. The molecule has 0 saturated heterocycles. The summed E-state index contributed by atoms with van der Waals surface area (Å²) < 4.78 is 18.5. The Labute approximate surface area is 148 Å². The Hall–Kier alpha value is -2.39. The average Bonchev–Trinajstić information content (AvgIpc) is 2.61. The molecule has 0 atom stereocenters. The van der Waals surface area contributed by atoms with E-state index in [0.29, 0.717) is 32.5 Å². The van der Waals surface area contributed by atoms with Crippen molar-refractivity contribution in [3.8, 4) is 6.07 Å². The Balaban J connectivity index is 2.23. The molecule has 5 nitrogen and oxygen atoms in total. The number of nitrogens with zero attached hydrogens (tertiary/aromatic N) is 1. The summed E-state index contributed by atoms with van der Waals surface area (Å²) in [6, 6.07) is 8.21. The molecule has 0 spiro atoms. The number of hydrogen-bond acceptors (Lipinski definition) is 4. The monoisotopic (exact) mass is 347 g/mol. The van der Waals surface area contributed by atoms with E-state index in [1.807, 2.05) is 12.1 Å². The zero-order valence-corrected chi connectivity index (χ0v) is 14.7. The van der Waals surface area contributed by atoms with Gasteiger partial charge in [0, 0.05) is 32.5 Å². The number of benzene rings is 1. The van der Waals surface area contributed by atoms with Crippen molar-refractivity contribution in [2.75, 3.05) is 26.3 Å². The van der Waals surface area contributed by atoms with Crippen molar-refractivity contribution in [1.82, 2.24) is 10.6 Å². The first-order valence-electron chi connectivity index (χ1n) is 8.61. The van der Waals surface area contributed by atoms with Gasteiger partial charge in [0.15, 0.2) is 0 Å². The molecule has 0 aliphatic rings. The standard InChI is InChI=1S/C19H26FN3O2/c1-2-3-11-25-12-5-9-23-19(24)17(14-21)15-22-10-8-16-6-4-7-18(20)13-16/h4,6-7,13,15,22H,2-3,5,8-12H2,1H3,(H,23,24)/b17-15-. The van der Waals surface area contributed by atoms with Gasteiger partial charge in [-0.05, 0) is 37.0 Å². The summed E-state index contributed by atoms with van der Waals surface area (Å²) in [5.74, 6) is -0.682. The normalized spacial score (nSPS) is 11.0. The molecular weight excluding hydrogens is 321 g/mol. The van der Waals surface area contributed by atoms with Crippen molar-refractivity contribution < 1.29 is 13.9 Å². The first-order chi connectivity index (χ1) is 12.2. The number of halogens is 1. The lowest BCUT2D eigenvalue weighted by atomic mass is 10.1. The maximum Gasteiger partial charge on any atom is 0.263 e. The van der Waals surface area contributed by atoms with Crippen LogP contribution in [0.1, 0.15) is 31.7 Å². The van der Waals surface area contributed by atoms with Crippen LogP contribution in [0.3, 0.4) is 0 Å². The van der Waals surface area contributed by atoms with Crippen molar-refractivity contribution in [2.45, 2.75) is 32.6 Å². The third-order valence-electron chi connectivity index (χ3n) is 3.45. The SMILES string of the molecule is CCCCOCCCNC(=O)/C(C#N)=C\NCCc1cccc(F)c1. The highest BCUT2D eigenvalue weighted by Crippen LogP contribution is 2.03. The first-order valence-corrected chi connectivity index (χ1v) is 8.61. The Morgan fingerprint density at radius 3 is 2.84 bits per heavy atom. The van der Waals surface area contributed by atoms with Crippen LogP contribution in [-0.4, -0.2) is 32.2 Å². The van der Waals surface area contributed by atoms with Crippen LogP contribution in [0.5, 0.6) is 0 Å². The van der Waals surface area contributed by atoms with Gasteiger partial charge in [-0.2, -0.15) is 5.26 Å². The summed E-state index contributed by atoms with van der Waals surface area (Å²) >= 11 is 0. The third kappa shape index (κ3) is 9.48. The first kappa shape index (κ1) is 20.7. The van der Waals surface area contributed by atoms with Gasteiger partial charge in [-0.25, -0.2) is 4.39 Å². The number of amides is 1. The molecule has 0 heterocycles. The molecule has 0 radical (unpaired) electrons. The zero-order chi connectivity index (χ0) is 18.3. The number of hydrogen-bond donors (Lipinski definition) is 2. The van der Waals surface area contributed by atoms with E-state index < -0.39 is 5.91 Å². The summed E-state index contributed by atoms with van der Waals surface area (Å²) in [6.07, 6.45) is 4.84. The molecule has 136 valence electrons. The fourth-order valence-electron chi connectivity index (χ4n) is 2.05. The second kappa shape index (κ2) is 13.0. The van der Waals surface area contributed by atoms with Gasteiger partial charge >= 0.3 is 0 Å². The third-order valence-corrected chi connectivity index (χ3v) is 3.45. The molecule has 0 bridgehead atoms. The smallest absolute Gasteiger partial charge is 0.263 e. The largest absolute Gasteiger partial charge is 0.389 e. The highest BCUT2D eigenvalue weighted by Gasteiger charge is 2.07. The number of nitrogens with one attached hydrogen (secondary N) is 2. The molecule has 0 aromatic heterocycles. The topological polar surface area (TPSA) is 74.1 Å². The highest BCUT2D eigenvalue weighted by atomic mass is 19.1. The molecule has 1 aromatic rings. The van der Waals surface area contributed by atoms with Gasteiger partial charge in [0.25, 0.3) is 5.91 Å². The van der Waals surface area contributed by atoms with Crippen molar-refractivity contribution >= 4 is 5.91 Å². The van der Waals surface area contributed by atoms with Gasteiger partial charge in [-0.1, -0.05) is 25.5 Å². The second-order valence-electron chi connectivity index (χ2n) is 5.58. The van der Waals surface area contributed by atoms with Gasteiger partial charge in [0.2, 0.25) is 0 Å². The zero-order valence-electron chi connectivity index (χ0n) is 14.7. The molecule has 6 heteroatoms. The van der Waals surface area contributed by atoms with Crippen LogP contribution in [0.2, 0.25) is 0 Å². The van der Waals surface area contributed by atoms with Gasteiger partial charge < -0.3 is 15.4 Å². The van der Waals surface area contributed by atoms with Gasteiger partial charge in [-0.3, -0.25) is 4.79 Å². The average molecular weight is 347 g/mol. The summed E-state index contributed by atoms with van der Waals surface area (Å²) in [6.45, 7) is 4.41. The van der Waals surface area contributed by atoms with E-state index in [-0.39, 0.29) is 11.4 Å².